The van der Waals surface area contributed by atoms with Gasteiger partial charge in [0.2, 0.25) is 0 Å². The van der Waals surface area contributed by atoms with Gasteiger partial charge in [0.1, 0.15) is 12.4 Å². The summed E-state index contributed by atoms with van der Waals surface area (Å²) in [7, 11) is 0. The lowest BCUT2D eigenvalue weighted by Gasteiger charge is -1.97. The quantitative estimate of drug-likeness (QED) is 0.416. The maximum atomic E-state index is 11.0. The Hall–Kier alpha value is -0.710. The van der Waals surface area contributed by atoms with Crippen LogP contribution in [0.2, 0.25) is 0 Å². The van der Waals surface area contributed by atoms with Gasteiger partial charge in [-0.25, -0.2) is 0 Å². The van der Waals surface area contributed by atoms with Crippen LogP contribution in [0.15, 0.2) is 0 Å². The number of rotatable bonds is 3. The van der Waals surface area contributed by atoms with E-state index in [0.717, 1.165) is 0 Å². The maximum absolute atomic E-state index is 11.0. The molecule has 0 unspecified atom stereocenters. The highest BCUT2D eigenvalue weighted by Gasteiger charge is 2.00. The number of nitrogens with two attached hydrogens (primary N) is 1. The van der Waals surface area contributed by atoms with Crippen molar-refractivity contribution in [2.75, 3.05) is 6.61 Å². The number of hydrogen-bond acceptors (Lipinski definition) is 2. The van der Waals surface area contributed by atoms with E-state index in [9.17, 15) is 8.78 Å². The Bertz CT molecular complexity index is 85.4. The second-order valence-corrected chi connectivity index (χ2v) is 1.10. The fourth-order valence-corrected chi connectivity index (χ4v) is 0.153. The van der Waals surface area contributed by atoms with Crippen LogP contribution in [0.3, 0.4) is 0 Å². The van der Waals surface area contributed by atoms with E-state index < -0.39 is 19.1 Å². The second-order valence-electron chi connectivity index (χ2n) is 1.10. The van der Waals surface area contributed by atoms with E-state index in [1.54, 1.807) is 0 Å². The van der Waals surface area contributed by atoms with Crippen molar-refractivity contribution in [3.63, 3.8) is 0 Å². The number of halogens is 2. The van der Waals surface area contributed by atoms with Crippen molar-refractivity contribution in [2.24, 2.45) is 5.73 Å². The topological polar surface area (TPSA) is 59.1 Å². The van der Waals surface area contributed by atoms with Crippen LogP contribution in [0, 0.1) is 5.41 Å². The molecule has 0 heterocycles. The van der Waals surface area contributed by atoms with Crippen molar-refractivity contribution >= 4 is 5.84 Å². The van der Waals surface area contributed by atoms with E-state index in [0.29, 0.717) is 0 Å². The molecule has 3 N–H and O–H groups in total. The first-order chi connectivity index (χ1) is 3.63. The molecule has 0 atom stereocenters. The molecule has 0 fully saturated rings. The lowest BCUT2D eigenvalue weighted by atomic mass is 10.7. The average Bonchev–Trinajstić information content (AvgIpc) is 1.61. The highest BCUT2D eigenvalue weighted by molar-refractivity contribution is 5.78. The van der Waals surface area contributed by atoms with Crippen LogP contribution in [0.25, 0.3) is 0 Å². The summed E-state index contributed by atoms with van der Waals surface area (Å²) in [6.07, 6.45) is 0. The van der Waals surface area contributed by atoms with Gasteiger partial charge >= 0.3 is 6.61 Å². The molecule has 0 aromatic heterocycles. The van der Waals surface area contributed by atoms with Crippen molar-refractivity contribution < 1.29 is 13.5 Å². The van der Waals surface area contributed by atoms with E-state index in [2.05, 4.69) is 10.5 Å². The van der Waals surface area contributed by atoms with E-state index >= 15 is 0 Å². The monoisotopic (exact) mass is 124 g/mol. The molecule has 0 aromatic carbocycles. The summed E-state index contributed by atoms with van der Waals surface area (Å²) in [6.45, 7) is -3.34. The van der Waals surface area contributed by atoms with Gasteiger partial charge in [0, 0.05) is 0 Å². The van der Waals surface area contributed by atoms with Gasteiger partial charge in [0.25, 0.3) is 0 Å². The molecule has 0 aromatic rings. The zero-order valence-corrected chi connectivity index (χ0v) is 4.03. The summed E-state index contributed by atoms with van der Waals surface area (Å²) in [6, 6.07) is 0. The number of alkyl halides is 2. The van der Waals surface area contributed by atoms with Crippen LogP contribution in [0.5, 0.6) is 0 Å². The minimum atomic E-state index is -2.83. The molecule has 0 saturated heterocycles. The van der Waals surface area contributed by atoms with Gasteiger partial charge in [0.15, 0.2) is 0 Å². The molecule has 48 valence electrons. The highest BCUT2D eigenvalue weighted by atomic mass is 19.3. The Morgan fingerprint density at radius 3 is 2.38 bits per heavy atom. The minimum absolute atomic E-state index is 0.398. The molecular weight excluding hydrogens is 118 g/mol. The Kier molecular flexibility index (Phi) is 3.02. The summed E-state index contributed by atoms with van der Waals surface area (Å²) in [4.78, 5) is 0. The highest BCUT2D eigenvalue weighted by Crippen LogP contribution is 1.91. The molecule has 0 aliphatic rings. The summed E-state index contributed by atoms with van der Waals surface area (Å²) >= 11 is 0. The average molecular weight is 124 g/mol. The molecule has 0 spiro atoms. The summed E-state index contributed by atoms with van der Waals surface area (Å²) in [5, 5.41) is 6.41. The molecule has 0 amide bonds. The first-order valence-corrected chi connectivity index (χ1v) is 1.85. The van der Waals surface area contributed by atoms with Gasteiger partial charge < -0.3 is 10.5 Å². The third-order valence-electron chi connectivity index (χ3n) is 0.365. The number of ether oxygens (including phenoxy) is 1. The Morgan fingerprint density at radius 1 is 1.75 bits per heavy atom. The van der Waals surface area contributed by atoms with Crippen LogP contribution >= 0.6 is 0 Å². The fraction of sp³-hybridized carbons (Fsp3) is 0.667. The zero-order chi connectivity index (χ0) is 6.57. The van der Waals surface area contributed by atoms with Crippen molar-refractivity contribution in [3.8, 4) is 0 Å². The van der Waals surface area contributed by atoms with Crippen LogP contribution in [-0.2, 0) is 4.74 Å². The first kappa shape index (κ1) is 7.29. The molecule has 0 radical (unpaired) electrons. The zero-order valence-electron chi connectivity index (χ0n) is 4.03. The molecule has 0 rings (SSSR count). The molecule has 5 heteroatoms. The van der Waals surface area contributed by atoms with Gasteiger partial charge in [-0.15, -0.1) is 0 Å². The van der Waals surface area contributed by atoms with E-state index in [4.69, 9.17) is 5.41 Å². The van der Waals surface area contributed by atoms with Crippen LogP contribution < -0.4 is 5.73 Å². The molecule has 0 saturated carbocycles. The second kappa shape index (κ2) is 3.31. The van der Waals surface area contributed by atoms with Gasteiger partial charge in [-0.05, 0) is 0 Å². The molecule has 3 nitrogen and oxygen atoms in total. The Balaban J connectivity index is 3.05. The predicted octanol–water partition coefficient (Wildman–Crippen LogP) is 0.162. The van der Waals surface area contributed by atoms with Gasteiger partial charge in [0.05, 0.1) is 0 Å². The summed E-state index contributed by atoms with van der Waals surface area (Å²) < 4.78 is 25.7. The van der Waals surface area contributed by atoms with Gasteiger partial charge in [-0.1, -0.05) is 0 Å². The molecular formula is C3H6F2N2O. The largest absolute Gasteiger partial charge is 0.386 e. The third kappa shape index (κ3) is 5.29. The normalized spacial score (nSPS) is 9.88. The maximum Gasteiger partial charge on any atom is 0.345 e. The summed E-state index contributed by atoms with van der Waals surface area (Å²) in [5.41, 5.74) is 4.67. The Morgan fingerprint density at radius 2 is 2.25 bits per heavy atom. The SMILES string of the molecule is N=C(N)COC(F)F. The lowest BCUT2D eigenvalue weighted by Crippen LogP contribution is -2.18. The fourth-order valence-electron chi connectivity index (χ4n) is 0.153. The van der Waals surface area contributed by atoms with Crippen molar-refractivity contribution in [1.82, 2.24) is 0 Å². The Labute approximate surface area is 44.9 Å². The van der Waals surface area contributed by atoms with Crippen LogP contribution in [-0.4, -0.2) is 19.1 Å². The minimum Gasteiger partial charge on any atom is -0.386 e. The molecule has 0 aliphatic heterocycles. The van der Waals surface area contributed by atoms with E-state index in [1.807, 2.05) is 0 Å². The van der Waals surface area contributed by atoms with Gasteiger partial charge in [-0.3, -0.25) is 5.41 Å². The molecule has 8 heavy (non-hydrogen) atoms. The van der Waals surface area contributed by atoms with Crippen LogP contribution in [0.1, 0.15) is 0 Å². The van der Waals surface area contributed by atoms with Gasteiger partial charge in [-0.2, -0.15) is 8.78 Å². The van der Waals surface area contributed by atoms with E-state index in [1.165, 1.54) is 0 Å². The van der Waals surface area contributed by atoms with Crippen molar-refractivity contribution in [2.45, 2.75) is 6.61 Å². The van der Waals surface area contributed by atoms with Crippen LogP contribution in [0.4, 0.5) is 8.78 Å². The lowest BCUT2D eigenvalue weighted by molar-refractivity contribution is -0.115. The number of nitrogens with one attached hydrogen (secondary N) is 1. The number of hydrogen-bond donors (Lipinski definition) is 2. The summed E-state index contributed by atoms with van der Waals surface area (Å²) in [5.74, 6) is -0.398. The van der Waals surface area contributed by atoms with Crippen molar-refractivity contribution in [1.29, 1.82) is 5.41 Å². The molecule has 0 bridgehead atoms. The molecule has 0 aliphatic carbocycles. The standard InChI is InChI=1S/C3H6F2N2O/c4-3(5)8-1-2(6)7/h3H,1H2,(H3,6,7). The van der Waals surface area contributed by atoms with E-state index in [-0.39, 0.29) is 0 Å². The first-order valence-electron chi connectivity index (χ1n) is 1.85. The number of amidine groups is 1. The third-order valence-corrected chi connectivity index (χ3v) is 0.365. The van der Waals surface area contributed by atoms with Crippen molar-refractivity contribution in [3.05, 3.63) is 0 Å². The predicted molar refractivity (Wildman–Crippen MR) is 23.9 cm³/mol. The smallest absolute Gasteiger partial charge is 0.345 e.